The Morgan fingerprint density at radius 2 is 2.54 bits per heavy atom. The van der Waals surface area contributed by atoms with Crippen molar-refractivity contribution < 1.29 is 0 Å². The van der Waals surface area contributed by atoms with Gasteiger partial charge >= 0.3 is 0 Å². The molecule has 0 spiro atoms. The van der Waals surface area contributed by atoms with E-state index in [1.165, 1.54) is 0 Å². The van der Waals surface area contributed by atoms with Gasteiger partial charge in [0.25, 0.3) is 0 Å². The van der Waals surface area contributed by atoms with Crippen molar-refractivity contribution in [3.8, 4) is 0 Å². The molecule has 5 heteroatoms. The first kappa shape index (κ1) is 8.65. The highest BCUT2D eigenvalue weighted by atomic mass is 15.3. The molecule has 0 atom stereocenters. The molecule has 72 valence electrons. The lowest BCUT2D eigenvalue weighted by Gasteiger charge is -2.27. The molecular weight excluding hydrogens is 166 g/mol. The fraction of sp³-hybridized carbons (Fsp3) is 0.750. The summed E-state index contributed by atoms with van der Waals surface area (Å²) in [6, 6.07) is 0.613. The van der Waals surface area contributed by atoms with Crippen molar-refractivity contribution >= 4 is 0 Å². The minimum absolute atomic E-state index is 0.613. The molecule has 0 aliphatic carbocycles. The van der Waals surface area contributed by atoms with Crippen LogP contribution < -0.4 is 10.6 Å². The number of hydrogen-bond acceptors (Lipinski definition) is 4. The van der Waals surface area contributed by atoms with Gasteiger partial charge in [-0.05, 0) is 6.92 Å². The van der Waals surface area contributed by atoms with E-state index in [0.717, 1.165) is 32.0 Å². The predicted octanol–water partition coefficient (Wildman–Crippen LogP) is -0.641. The van der Waals surface area contributed by atoms with Crippen LogP contribution >= 0.6 is 0 Å². The van der Waals surface area contributed by atoms with Gasteiger partial charge in [0.1, 0.15) is 12.2 Å². The van der Waals surface area contributed by atoms with Gasteiger partial charge in [0.05, 0.1) is 6.54 Å². The van der Waals surface area contributed by atoms with E-state index in [2.05, 4.69) is 32.3 Å². The molecule has 1 aliphatic heterocycles. The maximum atomic E-state index is 4.05. The highest BCUT2D eigenvalue weighted by Crippen LogP contribution is 1.97. The zero-order chi connectivity index (χ0) is 9.10. The summed E-state index contributed by atoms with van der Waals surface area (Å²) in [6.07, 6.45) is 1.77. The molecule has 5 nitrogen and oxygen atoms in total. The molecule has 2 heterocycles. The Morgan fingerprint density at radius 1 is 1.69 bits per heavy atom. The van der Waals surface area contributed by atoms with E-state index in [0.29, 0.717) is 6.04 Å². The zero-order valence-corrected chi connectivity index (χ0v) is 7.82. The Bertz CT molecular complexity index is 265. The van der Waals surface area contributed by atoms with Crippen LogP contribution in [0.5, 0.6) is 0 Å². The summed E-state index contributed by atoms with van der Waals surface area (Å²) in [7, 11) is 0. The summed E-state index contributed by atoms with van der Waals surface area (Å²) >= 11 is 0. The number of rotatable bonds is 4. The quantitative estimate of drug-likeness (QED) is 0.648. The summed E-state index contributed by atoms with van der Waals surface area (Å²) in [5.74, 6) is 1.02. The average Bonchev–Trinajstić information content (AvgIpc) is 2.49. The molecule has 0 saturated carbocycles. The number of nitrogens with zero attached hydrogens (tertiary/aromatic N) is 3. The van der Waals surface area contributed by atoms with Crippen molar-refractivity contribution in [2.45, 2.75) is 26.1 Å². The van der Waals surface area contributed by atoms with Crippen LogP contribution in [0, 0.1) is 0 Å². The van der Waals surface area contributed by atoms with E-state index < -0.39 is 0 Å². The SMILES string of the molecule is CCn1cnnc1CNC1CNC1. The Kier molecular flexibility index (Phi) is 2.56. The lowest BCUT2D eigenvalue weighted by molar-refractivity contribution is 0.359. The summed E-state index contributed by atoms with van der Waals surface area (Å²) in [5, 5.41) is 14.5. The molecule has 1 aromatic rings. The van der Waals surface area contributed by atoms with Crippen molar-refractivity contribution in [2.24, 2.45) is 0 Å². The molecule has 0 amide bonds. The van der Waals surface area contributed by atoms with Crippen LogP contribution in [0.1, 0.15) is 12.7 Å². The van der Waals surface area contributed by atoms with Crippen LogP contribution in [-0.4, -0.2) is 33.9 Å². The first-order chi connectivity index (χ1) is 6.40. The Labute approximate surface area is 77.5 Å². The Morgan fingerprint density at radius 3 is 3.15 bits per heavy atom. The normalized spacial score (nSPS) is 17.3. The van der Waals surface area contributed by atoms with Gasteiger partial charge in [-0.15, -0.1) is 10.2 Å². The summed E-state index contributed by atoms with van der Waals surface area (Å²) in [6.45, 7) is 5.99. The van der Waals surface area contributed by atoms with E-state index in [9.17, 15) is 0 Å². The van der Waals surface area contributed by atoms with Crippen molar-refractivity contribution in [2.75, 3.05) is 13.1 Å². The van der Waals surface area contributed by atoms with Gasteiger partial charge in [-0.2, -0.15) is 0 Å². The summed E-state index contributed by atoms with van der Waals surface area (Å²) in [5.41, 5.74) is 0. The van der Waals surface area contributed by atoms with E-state index in [-0.39, 0.29) is 0 Å². The molecule has 0 aromatic carbocycles. The molecule has 0 radical (unpaired) electrons. The maximum absolute atomic E-state index is 4.05. The summed E-state index contributed by atoms with van der Waals surface area (Å²) in [4.78, 5) is 0. The van der Waals surface area contributed by atoms with Crippen LogP contribution in [0.25, 0.3) is 0 Å². The van der Waals surface area contributed by atoms with Gasteiger partial charge < -0.3 is 15.2 Å². The molecule has 0 bridgehead atoms. The molecule has 2 N–H and O–H groups in total. The predicted molar refractivity (Wildman–Crippen MR) is 49.2 cm³/mol. The fourth-order valence-electron chi connectivity index (χ4n) is 1.35. The van der Waals surface area contributed by atoms with E-state index in [1.54, 1.807) is 6.33 Å². The highest BCUT2D eigenvalue weighted by molar-refractivity contribution is 4.88. The van der Waals surface area contributed by atoms with Crippen molar-refractivity contribution in [3.05, 3.63) is 12.2 Å². The summed E-state index contributed by atoms with van der Waals surface area (Å²) < 4.78 is 2.05. The second-order valence-electron chi connectivity index (χ2n) is 3.27. The monoisotopic (exact) mass is 181 g/mol. The van der Waals surface area contributed by atoms with E-state index in [4.69, 9.17) is 0 Å². The Hall–Kier alpha value is -0.940. The van der Waals surface area contributed by atoms with Crippen molar-refractivity contribution in [3.63, 3.8) is 0 Å². The van der Waals surface area contributed by atoms with Gasteiger partial charge in [0.15, 0.2) is 0 Å². The third-order valence-corrected chi connectivity index (χ3v) is 2.37. The molecule has 1 aromatic heterocycles. The lowest BCUT2D eigenvalue weighted by Crippen LogP contribution is -2.55. The van der Waals surface area contributed by atoms with Crippen LogP contribution in [0.3, 0.4) is 0 Å². The smallest absolute Gasteiger partial charge is 0.146 e. The first-order valence-corrected chi connectivity index (χ1v) is 4.71. The topological polar surface area (TPSA) is 54.8 Å². The third-order valence-electron chi connectivity index (χ3n) is 2.37. The van der Waals surface area contributed by atoms with Crippen LogP contribution in [0.15, 0.2) is 6.33 Å². The molecule has 13 heavy (non-hydrogen) atoms. The van der Waals surface area contributed by atoms with Gasteiger partial charge in [-0.3, -0.25) is 0 Å². The largest absolute Gasteiger partial charge is 0.317 e. The van der Waals surface area contributed by atoms with Crippen LogP contribution in [0.4, 0.5) is 0 Å². The standard InChI is InChI=1S/C8H15N5/c1-2-13-6-11-12-8(13)5-10-7-3-9-4-7/h6-7,9-10H,2-5H2,1H3. The maximum Gasteiger partial charge on any atom is 0.146 e. The lowest BCUT2D eigenvalue weighted by atomic mass is 10.2. The van der Waals surface area contributed by atoms with Gasteiger partial charge in [0, 0.05) is 25.7 Å². The third kappa shape index (κ3) is 1.87. The van der Waals surface area contributed by atoms with Crippen LogP contribution in [0.2, 0.25) is 0 Å². The minimum atomic E-state index is 0.613. The van der Waals surface area contributed by atoms with Crippen LogP contribution in [-0.2, 0) is 13.1 Å². The fourth-order valence-corrected chi connectivity index (χ4v) is 1.35. The minimum Gasteiger partial charge on any atom is -0.317 e. The number of nitrogens with one attached hydrogen (secondary N) is 2. The van der Waals surface area contributed by atoms with Crippen molar-refractivity contribution in [1.29, 1.82) is 0 Å². The number of aryl methyl sites for hydroxylation is 1. The number of aromatic nitrogens is 3. The average molecular weight is 181 g/mol. The van der Waals surface area contributed by atoms with E-state index in [1.807, 2.05) is 0 Å². The van der Waals surface area contributed by atoms with Crippen molar-refractivity contribution in [1.82, 2.24) is 25.4 Å². The molecule has 1 aliphatic rings. The molecule has 2 rings (SSSR count). The van der Waals surface area contributed by atoms with Gasteiger partial charge in [-0.1, -0.05) is 0 Å². The highest BCUT2D eigenvalue weighted by Gasteiger charge is 2.16. The van der Waals surface area contributed by atoms with Gasteiger partial charge in [-0.25, -0.2) is 0 Å². The second kappa shape index (κ2) is 3.85. The molecule has 0 unspecified atom stereocenters. The molecular formula is C8H15N5. The van der Waals surface area contributed by atoms with Gasteiger partial charge in [0.2, 0.25) is 0 Å². The Balaban J connectivity index is 1.85. The second-order valence-corrected chi connectivity index (χ2v) is 3.27. The molecule has 1 saturated heterocycles. The van der Waals surface area contributed by atoms with E-state index >= 15 is 0 Å². The first-order valence-electron chi connectivity index (χ1n) is 4.71. The molecule has 1 fully saturated rings. The zero-order valence-electron chi connectivity index (χ0n) is 7.82. The number of hydrogen-bond donors (Lipinski definition) is 2.